The molecule has 2 atom stereocenters. The summed E-state index contributed by atoms with van der Waals surface area (Å²) in [4.78, 5) is 6.76. The fraction of sp³-hybridized carbons (Fsp3) is 0.667. The Morgan fingerprint density at radius 1 is 1.50 bits per heavy atom. The summed E-state index contributed by atoms with van der Waals surface area (Å²) < 4.78 is 0. The predicted molar refractivity (Wildman–Crippen MR) is 75.5 cm³/mol. The number of nitrogens with one attached hydrogen (secondary N) is 1. The van der Waals surface area contributed by atoms with Crippen LogP contribution in [0.5, 0.6) is 0 Å². The minimum absolute atomic E-state index is 0.662. The second-order valence-corrected chi connectivity index (χ2v) is 5.40. The molecule has 100 valence electrons. The van der Waals surface area contributed by atoms with Gasteiger partial charge >= 0.3 is 0 Å². The highest BCUT2D eigenvalue weighted by Crippen LogP contribution is 2.20. The van der Waals surface area contributed by atoms with Crippen molar-refractivity contribution in [3.05, 3.63) is 29.6 Å². The van der Waals surface area contributed by atoms with Gasteiger partial charge in [0.25, 0.3) is 0 Å². The van der Waals surface area contributed by atoms with E-state index in [1.165, 1.54) is 30.5 Å². The quantitative estimate of drug-likeness (QED) is 0.885. The third-order valence-electron chi connectivity index (χ3n) is 4.02. The average Bonchev–Trinajstić information content (AvgIpc) is 2.35. The van der Waals surface area contributed by atoms with Crippen molar-refractivity contribution < 1.29 is 0 Å². The molecule has 0 amide bonds. The fourth-order valence-electron chi connectivity index (χ4n) is 2.83. The van der Waals surface area contributed by atoms with Crippen molar-refractivity contribution >= 4 is 0 Å². The lowest BCUT2D eigenvalue weighted by atomic mass is 9.97. The summed E-state index contributed by atoms with van der Waals surface area (Å²) in [7, 11) is 0. The molecule has 1 aliphatic heterocycles. The number of pyridine rings is 1. The minimum atomic E-state index is 0.662. The molecule has 0 saturated carbocycles. The Labute approximate surface area is 111 Å². The molecule has 2 unspecified atom stereocenters. The molecule has 0 radical (unpaired) electrons. The monoisotopic (exact) mass is 247 g/mol. The van der Waals surface area contributed by atoms with Gasteiger partial charge < -0.3 is 5.32 Å². The molecule has 2 rings (SSSR count). The number of hydrogen-bond donors (Lipinski definition) is 1. The molecule has 3 nitrogen and oxygen atoms in total. The normalized spacial score (nSPS) is 25.3. The molecule has 0 aliphatic carbocycles. The fourth-order valence-corrected chi connectivity index (χ4v) is 2.83. The van der Waals surface area contributed by atoms with Crippen LogP contribution in [0, 0.1) is 6.92 Å². The maximum atomic E-state index is 4.16. The molecule has 1 aromatic rings. The molecule has 2 heterocycles. The Morgan fingerprint density at radius 2 is 2.33 bits per heavy atom. The van der Waals surface area contributed by atoms with Gasteiger partial charge in [-0.2, -0.15) is 0 Å². The van der Waals surface area contributed by atoms with Gasteiger partial charge in [-0.25, -0.2) is 0 Å². The molecular formula is C15H25N3. The van der Waals surface area contributed by atoms with Crippen LogP contribution < -0.4 is 5.32 Å². The molecule has 0 bridgehead atoms. The van der Waals surface area contributed by atoms with Crippen LogP contribution in [0.2, 0.25) is 0 Å². The SMILES string of the molecule is CCNC1CCN(Cc2ccncc2C)C(C)C1. The second-order valence-electron chi connectivity index (χ2n) is 5.40. The van der Waals surface area contributed by atoms with Gasteiger partial charge in [0.05, 0.1) is 0 Å². The van der Waals surface area contributed by atoms with Crippen LogP contribution in [0.15, 0.2) is 18.5 Å². The molecule has 1 aliphatic rings. The van der Waals surface area contributed by atoms with E-state index in [9.17, 15) is 0 Å². The average molecular weight is 247 g/mol. The summed E-state index contributed by atoms with van der Waals surface area (Å²) in [5, 5.41) is 3.57. The third kappa shape index (κ3) is 3.30. The Kier molecular flexibility index (Phi) is 4.72. The van der Waals surface area contributed by atoms with Crippen LogP contribution in [0.4, 0.5) is 0 Å². The molecule has 18 heavy (non-hydrogen) atoms. The first kappa shape index (κ1) is 13.5. The minimum Gasteiger partial charge on any atom is -0.314 e. The van der Waals surface area contributed by atoms with Crippen LogP contribution in [0.1, 0.15) is 37.8 Å². The van der Waals surface area contributed by atoms with Crippen LogP contribution >= 0.6 is 0 Å². The first-order valence-electron chi connectivity index (χ1n) is 7.07. The molecule has 1 aromatic heterocycles. The smallest absolute Gasteiger partial charge is 0.0300 e. The van der Waals surface area contributed by atoms with E-state index in [1.807, 2.05) is 12.4 Å². The van der Waals surface area contributed by atoms with Crippen LogP contribution in [-0.4, -0.2) is 35.1 Å². The van der Waals surface area contributed by atoms with E-state index in [1.54, 1.807) is 0 Å². The number of nitrogens with zero attached hydrogens (tertiary/aromatic N) is 2. The summed E-state index contributed by atoms with van der Waals surface area (Å²) in [6.07, 6.45) is 6.39. The summed E-state index contributed by atoms with van der Waals surface area (Å²) in [5.74, 6) is 0. The molecule has 0 spiro atoms. The van der Waals surface area contributed by atoms with Crippen molar-refractivity contribution in [2.45, 2.75) is 52.2 Å². The highest BCUT2D eigenvalue weighted by Gasteiger charge is 2.24. The van der Waals surface area contributed by atoms with E-state index in [-0.39, 0.29) is 0 Å². The number of likely N-dealkylation sites (tertiary alicyclic amines) is 1. The maximum absolute atomic E-state index is 4.16. The van der Waals surface area contributed by atoms with Crippen molar-refractivity contribution in [3.63, 3.8) is 0 Å². The van der Waals surface area contributed by atoms with Gasteiger partial charge in [-0.15, -0.1) is 0 Å². The zero-order chi connectivity index (χ0) is 13.0. The number of hydrogen-bond acceptors (Lipinski definition) is 3. The number of aryl methyl sites for hydroxylation is 1. The van der Waals surface area contributed by atoms with Gasteiger partial charge in [0.15, 0.2) is 0 Å². The van der Waals surface area contributed by atoms with E-state index in [0.29, 0.717) is 12.1 Å². The van der Waals surface area contributed by atoms with Crippen molar-refractivity contribution in [2.24, 2.45) is 0 Å². The van der Waals surface area contributed by atoms with Crippen LogP contribution in [0.25, 0.3) is 0 Å². The van der Waals surface area contributed by atoms with Gasteiger partial charge in [-0.05, 0) is 50.4 Å². The number of piperidine rings is 1. The van der Waals surface area contributed by atoms with E-state index >= 15 is 0 Å². The summed E-state index contributed by atoms with van der Waals surface area (Å²) in [6, 6.07) is 3.52. The van der Waals surface area contributed by atoms with E-state index < -0.39 is 0 Å². The van der Waals surface area contributed by atoms with Gasteiger partial charge in [0.2, 0.25) is 0 Å². The maximum Gasteiger partial charge on any atom is 0.0300 e. The van der Waals surface area contributed by atoms with Crippen molar-refractivity contribution in [1.82, 2.24) is 15.2 Å². The lowest BCUT2D eigenvalue weighted by molar-refractivity contribution is 0.129. The van der Waals surface area contributed by atoms with Gasteiger partial charge in [0.1, 0.15) is 0 Å². The summed E-state index contributed by atoms with van der Waals surface area (Å²) in [5.41, 5.74) is 2.72. The lowest BCUT2D eigenvalue weighted by Gasteiger charge is -2.38. The number of rotatable bonds is 4. The Balaban J connectivity index is 1.93. The Bertz CT molecular complexity index is 378. The zero-order valence-corrected chi connectivity index (χ0v) is 11.8. The first-order chi connectivity index (χ1) is 8.70. The summed E-state index contributed by atoms with van der Waals surface area (Å²) >= 11 is 0. The van der Waals surface area contributed by atoms with Crippen molar-refractivity contribution in [1.29, 1.82) is 0 Å². The van der Waals surface area contributed by atoms with Gasteiger partial charge in [0, 0.05) is 37.6 Å². The largest absolute Gasteiger partial charge is 0.314 e. The molecule has 3 heteroatoms. The molecule has 1 saturated heterocycles. The molecule has 0 aromatic carbocycles. The van der Waals surface area contributed by atoms with E-state index in [2.05, 4.69) is 42.0 Å². The van der Waals surface area contributed by atoms with Crippen molar-refractivity contribution in [2.75, 3.05) is 13.1 Å². The second kappa shape index (κ2) is 6.30. The van der Waals surface area contributed by atoms with Gasteiger partial charge in [-0.1, -0.05) is 6.92 Å². The highest BCUT2D eigenvalue weighted by molar-refractivity contribution is 5.21. The van der Waals surface area contributed by atoms with Crippen LogP contribution in [-0.2, 0) is 6.54 Å². The topological polar surface area (TPSA) is 28.2 Å². The Hall–Kier alpha value is -0.930. The number of aromatic nitrogens is 1. The van der Waals surface area contributed by atoms with E-state index in [0.717, 1.165) is 13.1 Å². The third-order valence-corrected chi connectivity index (χ3v) is 4.02. The first-order valence-corrected chi connectivity index (χ1v) is 7.07. The van der Waals surface area contributed by atoms with E-state index in [4.69, 9.17) is 0 Å². The molecule has 1 N–H and O–H groups in total. The lowest BCUT2D eigenvalue weighted by Crippen LogP contribution is -2.47. The Morgan fingerprint density at radius 3 is 3.00 bits per heavy atom. The standard InChI is InChI=1S/C15H25N3/c1-4-17-15-6-8-18(13(3)9-15)11-14-5-7-16-10-12(14)2/h5,7,10,13,15,17H,4,6,8-9,11H2,1-3H3. The van der Waals surface area contributed by atoms with Gasteiger partial charge in [-0.3, -0.25) is 9.88 Å². The predicted octanol–water partition coefficient (Wildman–Crippen LogP) is 2.35. The molecule has 1 fully saturated rings. The zero-order valence-electron chi connectivity index (χ0n) is 11.8. The highest BCUT2D eigenvalue weighted by atomic mass is 15.2. The molecular weight excluding hydrogens is 222 g/mol. The van der Waals surface area contributed by atoms with Crippen LogP contribution in [0.3, 0.4) is 0 Å². The summed E-state index contributed by atoms with van der Waals surface area (Å²) in [6.45, 7) is 10.0. The van der Waals surface area contributed by atoms with Crippen molar-refractivity contribution in [3.8, 4) is 0 Å².